The zero-order valence-electron chi connectivity index (χ0n) is 9.28. The normalized spacial score (nSPS) is 10.1. The van der Waals surface area contributed by atoms with Crippen LogP contribution in [0.1, 0.15) is 10.4 Å². The van der Waals surface area contributed by atoms with Crippen molar-refractivity contribution in [3.63, 3.8) is 0 Å². The van der Waals surface area contributed by atoms with Crippen LogP contribution in [0.5, 0.6) is 0 Å². The Morgan fingerprint density at radius 3 is 2.67 bits per heavy atom. The zero-order valence-corrected chi connectivity index (χ0v) is 11.6. The molecule has 2 aromatic rings. The highest BCUT2D eigenvalue weighted by atomic mass is 79.9. The largest absolute Gasteiger partial charge is 0.399 e. The van der Waals surface area contributed by atoms with Crippen molar-refractivity contribution in [3.05, 3.63) is 57.5 Å². The predicted molar refractivity (Wildman–Crippen MR) is 78.0 cm³/mol. The average Bonchev–Trinajstić information content (AvgIpc) is 2.32. The summed E-state index contributed by atoms with van der Waals surface area (Å²) < 4.78 is 0.754. The molecule has 3 N–H and O–H groups in total. The summed E-state index contributed by atoms with van der Waals surface area (Å²) in [7, 11) is 0. The number of hydrogen-bond acceptors (Lipinski definition) is 2. The van der Waals surface area contributed by atoms with E-state index in [1.165, 1.54) is 0 Å². The summed E-state index contributed by atoms with van der Waals surface area (Å²) in [6.07, 6.45) is 0. The Kier molecular flexibility index (Phi) is 3.89. The van der Waals surface area contributed by atoms with Crippen LogP contribution in [0.15, 0.2) is 46.9 Å². The maximum absolute atomic E-state index is 12.0. The topological polar surface area (TPSA) is 55.1 Å². The number of rotatable bonds is 2. The third-order valence-electron chi connectivity index (χ3n) is 2.33. The quantitative estimate of drug-likeness (QED) is 0.822. The fourth-order valence-electron chi connectivity index (χ4n) is 1.46. The van der Waals surface area contributed by atoms with Crippen molar-refractivity contribution in [1.82, 2.24) is 0 Å². The summed E-state index contributed by atoms with van der Waals surface area (Å²) in [5, 5.41) is 3.25. The molecule has 0 aromatic heterocycles. The van der Waals surface area contributed by atoms with E-state index in [1.807, 2.05) is 0 Å². The molecule has 1 amide bonds. The van der Waals surface area contributed by atoms with Gasteiger partial charge in [-0.2, -0.15) is 0 Å². The number of amides is 1. The third-order valence-corrected chi connectivity index (χ3v) is 3.56. The van der Waals surface area contributed by atoms with Gasteiger partial charge in [0.2, 0.25) is 0 Å². The summed E-state index contributed by atoms with van der Waals surface area (Å²) in [5.41, 5.74) is 7.38. The lowest BCUT2D eigenvalue weighted by Gasteiger charge is -2.06. The molecule has 0 spiro atoms. The van der Waals surface area contributed by atoms with Gasteiger partial charge in [0.15, 0.2) is 0 Å². The fraction of sp³-hybridized carbons (Fsp3) is 0. The van der Waals surface area contributed by atoms with E-state index < -0.39 is 0 Å². The average molecular weight is 326 g/mol. The Labute approximate surface area is 118 Å². The first-order valence-electron chi connectivity index (χ1n) is 5.18. The molecule has 5 heteroatoms. The van der Waals surface area contributed by atoms with E-state index in [2.05, 4.69) is 21.2 Å². The molecule has 0 atom stereocenters. The number of nitrogens with one attached hydrogen (secondary N) is 1. The highest BCUT2D eigenvalue weighted by Gasteiger charge is 2.08. The van der Waals surface area contributed by atoms with E-state index in [0.717, 1.165) is 4.47 Å². The molecule has 3 nitrogen and oxygen atoms in total. The Bertz CT molecular complexity index is 601. The molecule has 0 unspecified atom stereocenters. The number of benzene rings is 2. The second-order valence-electron chi connectivity index (χ2n) is 3.71. The van der Waals surface area contributed by atoms with Crippen molar-refractivity contribution >= 4 is 44.8 Å². The lowest BCUT2D eigenvalue weighted by Crippen LogP contribution is -2.11. The van der Waals surface area contributed by atoms with E-state index in [9.17, 15) is 4.79 Å². The molecule has 0 bridgehead atoms. The van der Waals surface area contributed by atoms with E-state index in [1.54, 1.807) is 42.5 Å². The lowest BCUT2D eigenvalue weighted by molar-refractivity contribution is 0.102. The minimum atomic E-state index is -0.227. The van der Waals surface area contributed by atoms with Crippen LogP contribution < -0.4 is 11.1 Å². The van der Waals surface area contributed by atoms with E-state index in [4.69, 9.17) is 17.3 Å². The minimum Gasteiger partial charge on any atom is -0.399 e. The molecular formula is C13H10BrClN2O. The van der Waals surface area contributed by atoms with Gasteiger partial charge in [-0.3, -0.25) is 4.79 Å². The highest BCUT2D eigenvalue weighted by molar-refractivity contribution is 9.10. The van der Waals surface area contributed by atoms with Crippen LogP contribution in [0.4, 0.5) is 11.4 Å². The van der Waals surface area contributed by atoms with Gasteiger partial charge in [-0.05, 0) is 52.3 Å². The van der Waals surface area contributed by atoms with E-state index >= 15 is 0 Å². The van der Waals surface area contributed by atoms with Crippen LogP contribution in [-0.4, -0.2) is 5.91 Å². The van der Waals surface area contributed by atoms with Crippen LogP contribution >= 0.6 is 27.5 Å². The van der Waals surface area contributed by atoms with Gasteiger partial charge in [-0.1, -0.05) is 17.7 Å². The molecule has 0 aliphatic heterocycles. The van der Waals surface area contributed by atoms with Crippen molar-refractivity contribution in [2.24, 2.45) is 0 Å². The van der Waals surface area contributed by atoms with Gasteiger partial charge in [0.05, 0.1) is 5.02 Å². The number of nitrogens with two attached hydrogens (primary N) is 1. The number of anilines is 2. The van der Waals surface area contributed by atoms with E-state index in [0.29, 0.717) is 22.0 Å². The molecule has 0 radical (unpaired) electrons. The summed E-state index contributed by atoms with van der Waals surface area (Å²) in [6.45, 7) is 0. The van der Waals surface area contributed by atoms with Crippen LogP contribution in [-0.2, 0) is 0 Å². The SMILES string of the molecule is Nc1cccc(NC(=O)c2ccc(Br)c(Cl)c2)c1. The van der Waals surface area contributed by atoms with Gasteiger partial charge in [0.25, 0.3) is 5.91 Å². The van der Waals surface area contributed by atoms with Gasteiger partial charge in [-0.25, -0.2) is 0 Å². The van der Waals surface area contributed by atoms with Crippen molar-refractivity contribution in [3.8, 4) is 0 Å². The highest BCUT2D eigenvalue weighted by Crippen LogP contribution is 2.23. The van der Waals surface area contributed by atoms with Gasteiger partial charge in [0.1, 0.15) is 0 Å². The molecular weight excluding hydrogens is 316 g/mol. The maximum Gasteiger partial charge on any atom is 0.255 e. The molecule has 0 saturated heterocycles. The Morgan fingerprint density at radius 2 is 2.00 bits per heavy atom. The van der Waals surface area contributed by atoms with Crippen LogP contribution in [0.25, 0.3) is 0 Å². The first-order chi connectivity index (χ1) is 8.56. The van der Waals surface area contributed by atoms with Gasteiger partial charge >= 0.3 is 0 Å². The smallest absolute Gasteiger partial charge is 0.255 e. The van der Waals surface area contributed by atoms with Gasteiger partial charge in [0, 0.05) is 21.4 Å². The van der Waals surface area contributed by atoms with Crippen LogP contribution in [0.3, 0.4) is 0 Å². The summed E-state index contributed by atoms with van der Waals surface area (Å²) in [4.78, 5) is 12.0. The Hall–Kier alpha value is -1.52. The minimum absolute atomic E-state index is 0.227. The number of carbonyl (C=O) groups is 1. The molecule has 0 saturated carbocycles. The molecule has 92 valence electrons. The van der Waals surface area contributed by atoms with Crippen LogP contribution in [0.2, 0.25) is 5.02 Å². The summed E-state index contributed by atoms with van der Waals surface area (Å²) >= 11 is 9.21. The van der Waals surface area contributed by atoms with Gasteiger partial charge in [-0.15, -0.1) is 0 Å². The second-order valence-corrected chi connectivity index (χ2v) is 4.97. The molecule has 0 fully saturated rings. The number of halogens is 2. The number of carbonyl (C=O) groups excluding carboxylic acids is 1. The molecule has 0 aliphatic carbocycles. The number of nitrogen functional groups attached to an aromatic ring is 1. The van der Waals surface area contributed by atoms with Crippen molar-refractivity contribution in [2.75, 3.05) is 11.1 Å². The van der Waals surface area contributed by atoms with E-state index in [-0.39, 0.29) is 5.91 Å². The van der Waals surface area contributed by atoms with Gasteiger partial charge < -0.3 is 11.1 Å². The first kappa shape index (κ1) is 12.9. The molecule has 0 aliphatic rings. The summed E-state index contributed by atoms with van der Waals surface area (Å²) in [6, 6.07) is 12.0. The zero-order chi connectivity index (χ0) is 13.1. The number of hydrogen-bond donors (Lipinski definition) is 2. The van der Waals surface area contributed by atoms with Crippen molar-refractivity contribution in [1.29, 1.82) is 0 Å². The van der Waals surface area contributed by atoms with Crippen LogP contribution in [0, 0.1) is 0 Å². The molecule has 2 aromatic carbocycles. The molecule has 2 rings (SSSR count). The predicted octanol–water partition coefficient (Wildman–Crippen LogP) is 3.94. The molecule has 18 heavy (non-hydrogen) atoms. The third kappa shape index (κ3) is 3.03. The molecule has 0 heterocycles. The standard InChI is InChI=1S/C13H10BrClN2O/c14-11-5-4-8(6-12(11)15)13(18)17-10-3-1-2-9(16)7-10/h1-7H,16H2,(H,17,18). The van der Waals surface area contributed by atoms with Crippen molar-refractivity contribution in [2.45, 2.75) is 0 Å². The Morgan fingerprint density at radius 1 is 1.22 bits per heavy atom. The van der Waals surface area contributed by atoms with Crippen molar-refractivity contribution < 1.29 is 4.79 Å². The second kappa shape index (κ2) is 5.42. The Balaban J connectivity index is 2.19. The monoisotopic (exact) mass is 324 g/mol. The first-order valence-corrected chi connectivity index (χ1v) is 6.35. The maximum atomic E-state index is 12.0. The fourth-order valence-corrected chi connectivity index (χ4v) is 1.88. The summed E-state index contributed by atoms with van der Waals surface area (Å²) in [5.74, 6) is -0.227. The lowest BCUT2D eigenvalue weighted by atomic mass is 10.2.